The second-order valence-electron chi connectivity index (χ2n) is 5.53. The largest absolute Gasteiger partial charge is 0.357 e. The molecule has 0 aliphatic heterocycles. The molecule has 106 valence electrons. The van der Waals surface area contributed by atoms with Crippen molar-refractivity contribution in [3.8, 4) is 0 Å². The number of aromatic nitrogens is 2. The van der Waals surface area contributed by atoms with Crippen molar-refractivity contribution in [2.45, 2.75) is 58.0 Å². The van der Waals surface area contributed by atoms with Crippen molar-refractivity contribution in [3.63, 3.8) is 0 Å². The van der Waals surface area contributed by atoms with Gasteiger partial charge in [-0.3, -0.25) is 0 Å². The second kappa shape index (κ2) is 6.85. The lowest BCUT2D eigenvalue weighted by Gasteiger charge is -2.35. The van der Waals surface area contributed by atoms with Gasteiger partial charge >= 0.3 is 0 Å². The van der Waals surface area contributed by atoms with E-state index in [4.69, 9.17) is 0 Å². The molecule has 1 N–H and O–H groups in total. The number of hydrogen-bond acceptors (Lipinski definition) is 4. The molecule has 0 spiro atoms. The summed E-state index contributed by atoms with van der Waals surface area (Å²) < 4.78 is 0. The third-order valence-corrected chi connectivity index (χ3v) is 4.05. The number of nitrogens with one attached hydrogen (secondary N) is 1. The van der Waals surface area contributed by atoms with Crippen LogP contribution in [0.1, 0.15) is 44.9 Å². The predicted molar refractivity (Wildman–Crippen MR) is 79.5 cm³/mol. The van der Waals surface area contributed by atoms with Gasteiger partial charge < -0.3 is 10.2 Å². The minimum absolute atomic E-state index is 0.619. The Labute approximate surface area is 116 Å². The fraction of sp³-hybridized carbons (Fsp3) is 0.733. The lowest BCUT2D eigenvalue weighted by atomic mass is 9.90. The molecule has 19 heavy (non-hydrogen) atoms. The van der Waals surface area contributed by atoms with Gasteiger partial charge in [0.1, 0.15) is 11.6 Å². The smallest absolute Gasteiger partial charge is 0.132 e. The highest BCUT2D eigenvalue weighted by atomic mass is 15.2. The van der Waals surface area contributed by atoms with Gasteiger partial charge in [-0.2, -0.15) is 0 Å². The van der Waals surface area contributed by atoms with Crippen molar-refractivity contribution >= 4 is 5.82 Å². The molecule has 1 aliphatic carbocycles. The van der Waals surface area contributed by atoms with Gasteiger partial charge in [0.05, 0.1) is 0 Å². The minimum atomic E-state index is 0.619. The first-order valence-corrected chi connectivity index (χ1v) is 7.46. The van der Waals surface area contributed by atoms with E-state index in [-0.39, 0.29) is 0 Å². The standard InChI is InChI=1S/C15H26N4/c1-4-10-17-13-5-7-14(8-6-13)19(3)15-9-11-16-12(2)18-15/h9,11,13-14,17H,4-8,10H2,1-3H3. The fourth-order valence-corrected chi connectivity index (χ4v) is 2.84. The van der Waals surface area contributed by atoms with Gasteiger partial charge in [-0.05, 0) is 51.6 Å². The van der Waals surface area contributed by atoms with Crippen molar-refractivity contribution in [1.82, 2.24) is 15.3 Å². The number of anilines is 1. The molecule has 1 saturated carbocycles. The predicted octanol–water partition coefficient (Wildman–Crippen LogP) is 2.53. The SMILES string of the molecule is CCCNC1CCC(N(C)c2ccnc(C)n2)CC1. The summed E-state index contributed by atoms with van der Waals surface area (Å²) in [5, 5.41) is 3.64. The first kappa shape index (κ1) is 14.3. The van der Waals surface area contributed by atoms with Gasteiger partial charge in [0.15, 0.2) is 0 Å². The van der Waals surface area contributed by atoms with Crippen LogP contribution in [0.25, 0.3) is 0 Å². The summed E-state index contributed by atoms with van der Waals surface area (Å²) >= 11 is 0. The third kappa shape index (κ3) is 3.90. The van der Waals surface area contributed by atoms with E-state index in [0.29, 0.717) is 6.04 Å². The summed E-state index contributed by atoms with van der Waals surface area (Å²) in [7, 11) is 2.16. The van der Waals surface area contributed by atoms with E-state index in [9.17, 15) is 0 Å². The molecule has 1 aromatic rings. The van der Waals surface area contributed by atoms with Crippen LogP contribution in [0.15, 0.2) is 12.3 Å². The van der Waals surface area contributed by atoms with E-state index in [0.717, 1.165) is 24.2 Å². The quantitative estimate of drug-likeness (QED) is 0.885. The maximum absolute atomic E-state index is 4.52. The molecular weight excluding hydrogens is 236 g/mol. The Morgan fingerprint density at radius 3 is 2.68 bits per heavy atom. The molecule has 0 unspecified atom stereocenters. The average molecular weight is 262 g/mol. The number of rotatable bonds is 5. The van der Waals surface area contributed by atoms with Gasteiger partial charge in [-0.15, -0.1) is 0 Å². The van der Waals surface area contributed by atoms with Gasteiger partial charge in [-0.1, -0.05) is 6.92 Å². The summed E-state index contributed by atoms with van der Waals surface area (Å²) in [6.07, 6.45) is 8.13. The van der Waals surface area contributed by atoms with Crippen LogP contribution < -0.4 is 10.2 Å². The van der Waals surface area contributed by atoms with Crippen molar-refractivity contribution in [1.29, 1.82) is 0 Å². The molecule has 4 heteroatoms. The third-order valence-electron chi connectivity index (χ3n) is 4.05. The van der Waals surface area contributed by atoms with E-state index >= 15 is 0 Å². The lowest BCUT2D eigenvalue weighted by Crippen LogP contribution is -2.41. The fourth-order valence-electron chi connectivity index (χ4n) is 2.84. The van der Waals surface area contributed by atoms with E-state index in [2.05, 4.69) is 34.2 Å². The van der Waals surface area contributed by atoms with E-state index in [1.807, 2.05) is 19.2 Å². The molecule has 0 aromatic carbocycles. The molecule has 0 radical (unpaired) electrons. The topological polar surface area (TPSA) is 41.0 Å². The van der Waals surface area contributed by atoms with Crippen LogP contribution in [0.5, 0.6) is 0 Å². The first-order chi connectivity index (χ1) is 9.20. The van der Waals surface area contributed by atoms with Crippen LogP contribution in [0, 0.1) is 6.92 Å². The zero-order valence-corrected chi connectivity index (χ0v) is 12.4. The van der Waals surface area contributed by atoms with Crippen LogP contribution in [-0.2, 0) is 0 Å². The van der Waals surface area contributed by atoms with E-state index < -0.39 is 0 Å². The summed E-state index contributed by atoms with van der Waals surface area (Å²) in [5.41, 5.74) is 0. The molecule has 1 aliphatic rings. The zero-order chi connectivity index (χ0) is 13.7. The van der Waals surface area contributed by atoms with Gasteiger partial charge in [0.2, 0.25) is 0 Å². The molecule has 0 amide bonds. The summed E-state index contributed by atoms with van der Waals surface area (Å²) in [4.78, 5) is 11.0. The maximum Gasteiger partial charge on any atom is 0.132 e. The lowest BCUT2D eigenvalue weighted by molar-refractivity contribution is 0.336. The minimum Gasteiger partial charge on any atom is -0.357 e. The highest BCUT2D eigenvalue weighted by Crippen LogP contribution is 2.25. The second-order valence-corrected chi connectivity index (χ2v) is 5.53. The number of aryl methyl sites for hydroxylation is 1. The van der Waals surface area contributed by atoms with Gasteiger partial charge in [0, 0.05) is 25.3 Å². The summed E-state index contributed by atoms with van der Waals surface area (Å²) in [5.74, 6) is 1.90. The molecule has 2 rings (SSSR count). The maximum atomic E-state index is 4.52. The molecule has 4 nitrogen and oxygen atoms in total. The molecule has 1 heterocycles. The Morgan fingerprint density at radius 2 is 2.05 bits per heavy atom. The Bertz CT molecular complexity index is 385. The van der Waals surface area contributed by atoms with Crippen molar-refractivity contribution in [3.05, 3.63) is 18.1 Å². The average Bonchev–Trinajstić information content (AvgIpc) is 2.45. The number of nitrogens with zero attached hydrogens (tertiary/aromatic N) is 3. The van der Waals surface area contributed by atoms with Crippen molar-refractivity contribution in [2.24, 2.45) is 0 Å². The molecule has 1 fully saturated rings. The summed E-state index contributed by atoms with van der Waals surface area (Å²) in [6, 6.07) is 3.35. The van der Waals surface area contributed by atoms with Crippen LogP contribution in [0.3, 0.4) is 0 Å². The normalized spacial score (nSPS) is 23.3. The molecular formula is C15H26N4. The zero-order valence-electron chi connectivity index (χ0n) is 12.4. The molecule has 1 aromatic heterocycles. The van der Waals surface area contributed by atoms with Crippen LogP contribution >= 0.6 is 0 Å². The Balaban J connectivity index is 1.87. The Morgan fingerprint density at radius 1 is 1.32 bits per heavy atom. The highest BCUT2D eigenvalue weighted by molar-refractivity contribution is 5.37. The van der Waals surface area contributed by atoms with Crippen LogP contribution in [0.4, 0.5) is 5.82 Å². The first-order valence-electron chi connectivity index (χ1n) is 7.46. The van der Waals surface area contributed by atoms with E-state index in [1.54, 1.807) is 0 Å². The molecule has 0 bridgehead atoms. The highest BCUT2D eigenvalue weighted by Gasteiger charge is 2.24. The van der Waals surface area contributed by atoms with Gasteiger partial charge in [0.25, 0.3) is 0 Å². The number of hydrogen-bond donors (Lipinski definition) is 1. The Kier molecular flexibility index (Phi) is 5.14. The monoisotopic (exact) mass is 262 g/mol. The van der Waals surface area contributed by atoms with E-state index in [1.165, 1.54) is 32.1 Å². The molecule has 0 atom stereocenters. The van der Waals surface area contributed by atoms with Crippen molar-refractivity contribution < 1.29 is 0 Å². The van der Waals surface area contributed by atoms with Crippen molar-refractivity contribution in [2.75, 3.05) is 18.5 Å². The molecule has 0 saturated heterocycles. The van der Waals surface area contributed by atoms with Crippen LogP contribution in [0.2, 0.25) is 0 Å². The summed E-state index contributed by atoms with van der Waals surface area (Å²) in [6.45, 7) is 5.32. The van der Waals surface area contributed by atoms with Gasteiger partial charge in [-0.25, -0.2) is 9.97 Å². The van der Waals surface area contributed by atoms with Crippen LogP contribution in [-0.4, -0.2) is 35.6 Å². The Hall–Kier alpha value is -1.16.